The molecular weight excluding hydrogens is 152 g/mol. The zero-order valence-corrected chi connectivity index (χ0v) is 7.64. The molecule has 0 fully saturated rings. The number of hydrogen-bond acceptors (Lipinski definition) is 2. The first-order valence-electron chi connectivity index (χ1n) is 3.98. The fourth-order valence-corrected chi connectivity index (χ4v) is 1.43. The fourth-order valence-electron chi connectivity index (χ4n) is 1.43. The van der Waals surface area contributed by atoms with Crippen molar-refractivity contribution in [2.45, 2.75) is 26.8 Å². The molecule has 3 heteroatoms. The van der Waals surface area contributed by atoms with Gasteiger partial charge in [0.15, 0.2) is 0 Å². The van der Waals surface area contributed by atoms with Crippen molar-refractivity contribution in [3.05, 3.63) is 33.2 Å². The summed E-state index contributed by atoms with van der Waals surface area (Å²) in [5.41, 5.74) is 8.10. The minimum absolute atomic E-state index is 0.0671. The molecule has 3 N–H and O–H groups in total. The highest BCUT2D eigenvalue weighted by Gasteiger charge is 2.08. The normalized spacial score (nSPS) is 13.0. The van der Waals surface area contributed by atoms with Gasteiger partial charge in [-0.25, -0.2) is 0 Å². The molecule has 0 bridgehead atoms. The lowest BCUT2D eigenvalue weighted by atomic mass is 10.1. The third kappa shape index (κ3) is 1.56. The van der Waals surface area contributed by atoms with Crippen LogP contribution in [0.3, 0.4) is 0 Å². The molecule has 0 amide bonds. The van der Waals surface area contributed by atoms with Crippen molar-refractivity contribution in [1.29, 1.82) is 0 Å². The van der Waals surface area contributed by atoms with E-state index in [1.165, 1.54) is 0 Å². The molecule has 1 aromatic rings. The second-order valence-electron chi connectivity index (χ2n) is 3.17. The number of hydrogen-bond donors (Lipinski definition) is 2. The maximum atomic E-state index is 11.4. The Labute approximate surface area is 71.6 Å². The van der Waals surface area contributed by atoms with Gasteiger partial charge in [0.1, 0.15) is 0 Å². The number of aromatic amines is 1. The average molecular weight is 166 g/mol. The van der Waals surface area contributed by atoms with E-state index in [0.717, 1.165) is 11.3 Å². The summed E-state index contributed by atoms with van der Waals surface area (Å²) in [5.74, 6) is 0. The van der Waals surface area contributed by atoms with Crippen molar-refractivity contribution in [3.63, 3.8) is 0 Å². The highest BCUT2D eigenvalue weighted by Crippen LogP contribution is 2.09. The highest BCUT2D eigenvalue weighted by molar-refractivity contribution is 5.27. The minimum Gasteiger partial charge on any atom is -0.326 e. The summed E-state index contributed by atoms with van der Waals surface area (Å²) in [6.07, 6.45) is 0. The SMILES string of the molecule is Cc1cc(C)c(C(C)N)c(=O)[nH]1. The van der Waals surface area contributed by atoms with Crippen LogP contribution in [0.1, 0.15) is 29.8 Å². The summed E-state index contributed by atoms with van der Waals surface area (Å²) in [6.45, 7) is 5.58. The van der Waals surface area contributed by atoms with E-state index in [-0.39, 0.29) is 11.6 Å². The maximum Gasteiger partial charge on any atom is 0.253 e. The second-order valence-corrected chi connectivity index (χ2v) is 3.17. The van der Waals surface area contributed by atoms with Crippen molar-refractivity contribution in [3.8, 4) is 0 Å². The lowest BCUT2D eigenvalue weighted by Gasteiger charge is -2.08. The Morgan fingerprint density at radius 2 is 2.08 bits per heavy atom. The third-order valence-electron chi connectivity index (χ3n) is 1.87. The van der Waals surface area contributed by atoms with Gasteiger partial charge in [-0.15, -0.1) is 0 Å². The predicted octanol–water partition coefficient (Wildman–Crippen LogP) is 1.01. The largest absolute Gasteiger partial charge is 0.326 e. The number of pyridine rings is 1. The van der Waals surface area contributed by atoms with E-state index >= 15 is 0 Å². The topological polar surface area (TPSA) is 58.9 Å². The second kappa shape index (κ2) is 3.11. The molecule has 0 saturated carbocycles. The molecule has 0 aliphatic carbocycles. The van der Waals surface area contributed by atoms with Crippen molar-refractivity contribution in [2.24, 2.45) is 5.73 Å². The number of nitrogens with one attached hydrogen (secondary N) is 1. The van der Waals surface area contributed by atoms with Gasteiger partial charge in [-0.05, 0) is 32.4 Å². The first-order chi connectivity index (χ1) is 5.52. The van der Waals surface area contributed by atoms with Crippen LogP contribution in [0.25, 0.3) is 0 Å². The first-order valence-corrected chi connectivity index (χ1v) is 3.98. The lowest BCUT2D eigenvalue weighted by Crippen LogP contribution is -2.21. The standard InChI is InChI=1S/C9H14N2O/c1-5-4-6(2)11-9(12)8(5)7(3)10/h4,7H,10H2,1-3H3,(H,11,12). The van der Waals surface area contributed by atoms with Crippen LogP contribution >= 0.6 is 0 Å². The summed E-state index contributed by atoms with van der Waals surface area (Å²) in [7, 11) is 0. The molecule has 0 aliphatic heterocycles. The highest BCUT2D eigenvalue weighted by atomic mass is 16.1. The molecule has 3 nitrogen and oxygen atoms in total. The van der Waals surface area contributed by atoms with Gasteiger partial charge in [0.05, 0.1) is 0 Å². The Morgan fingerprint density at radius 3 is 2.50 bits per heavy atom. The Bertz CT molecular complexity index is 339. The molecule has 0 spiro atoms. The molecule has 0 radical (unpaired) electrons. The van der Waals surface area contributed by atoms with Crippen molar-refractivity contribution < 1.29 is 0 Å². The number of rotatable bonds is 1. The van der Waals surface area contributed by atoms with E-state index in [0.29, 0.717) is 5.56 Å². The van der Waals surface area contributed by atoms with Crippen LogP contribution in [-0.4, -0.2) is 4.98 Å². The molecule has 0 aliphatic rings. The lowest BCUT2D eigenvalue weighted by molar-refractivity contribution is 0.788. The maximum absolute atomic E-state index is 11.4. The third-order valence-corrected chi connectivity index (χ3v) is 1.87. The van der Waals surface area contributed by atoms with Crippen molar-refractivity contribution in [1.82, 2.24) is 4.98 Å². The molecule has 0 saturated heterocycles. The summed E-state index contributed by atoms with van der Waals surface area (Å²) in [4.78, 5) is 14.1. The summed E-state index contributed by atoms with van der Waals surface area (Å²) in [6, 6.07) is 1.73. The Balaban J connectivity index is 3.39. The van der Waals surface area contributed by atoms with Gasteiger partial charge in [-0.3, -0.25) is 4.79 Å². The number of aromatic nitrogens is 1. The van der Waals surface area contributed by atoms with E-state index in [2.05, 4.69) is 4.98 Å². The van der Waals surface area contributed by atoms with Crippen LogP contribution in [0.15, 0.2) is 10.9 Å². The Hall–Kier alpha value is -1.09. The zero-order valence-electron chi connectivity index (χ0n) is 7.64. The Kier molecular flexibility index (Phi) is 2.33. The number of H-pyrrole nitrogens is 1. The molecule has 1 heterocycles. The quantitative estimate of drug-likeness (QED) is 0.654. The van der Waals surface area contributed by atoms with E-state index in [1.54, 1.807) is 0 Å². The van der Waals surface area contributed by atoms with E-state index < -0.39 is 0 Å². The van der Waals surface area contributed by atoms with Crippen LogP contribution < -0.4 is 11.3 Å². The van der Waals surface area contributed by atoms with Gasteiger partial charge < -0.3 is 10.7 Å². The predicted molar refractivity (Wildman–Crippen MR) is 49.1 cm³/mol. The van der Waals surface area contributed by atoms with Crippen LogP contribution in [0, 0.1) is 13.8 Å². The Morgan fingerprint density at radius 1 is 1.50 bits per heavy atom. The van der Waals surface area contributed by atoms with Crippen molar-refractivity contribution in [2.75, 3.05) is 0 Å². The molecule has 1 aromatic heterocycles. The molecule has 12 heavy (non-hydrogen) atoms. The van der Waals surface area contributed by atoms with Crippen LogP contribution in [0.5, 0.6) is 0 Å². The molecule has 1 atom stereocenters. The number of aryl methyl sites for hydroxylation is 2. The molecule has 1 rings (SSSR count). The van der Waals surface area contributed by atoms with Crippen LogP contribution in [0.2, 0.25) is 0 Å². The summed E-state index contributed by atoms with van der Waals surface area (Å²) < 4.78 is 0. The first kappa shape index (κ1) is 9.00. The average Bonchev–Trinajstić information content (AvgIpc) is 1.82. The van der Waals surface area contributed by atoms with Gasteiger partial charge in [-0.2, -0.15) is 0 Å². The summed E-state index contributed by atoms with van der Waals surface area (Å²) >= 11 is 0. The van der Waals surface area contributed by atoms with Crippen LogP contribution in [-0.2, 0) is 0 Å². The van der Waals surface area contributed by atoms with Gasteiger partial charge in [0.25, 0.3) is 5.56 Å². The molecule has 1 unspecified atom stereocenters. The number of nitrogens with two attached hydrogens (primary N) is 1. The zero-order chi connectivity index (χ0) is 9.30. The van der Waals surface area contributed by atoms with E-state index in [4.69, 9.17) is 5.73 Å². The monoisotopic (exact) mass is 166 g/mol. The molecule has 0 aromatic carbocycles. The van der Waals surface area contributed by atoms with E-state index in [1.807, 2.05) is 26.8 Å². The minimum atomic E-state index is -0.200. The molecular formula is C9H14N2O. The van der Waals surface area contributed by atoms with Gasteiger partial charge in [-0.1, -0.05) is 0 Å². The van der Waals surface area contributed by atoms with Crippen LogP contribution in [0.4, 0.5) is 0 Å². The van der Waals surface area contributed by atoms with Gasteiger partial charge >= 0.3 is 0 Å². The fraction of sp³-hybridized carbons (Fsp3) is 0.444. The summed E-state index contributed by atoms with van der Waals surface area (Å²) in [5, 5.41) is 0. The molecule has 66 valence electrons. The van der Waals surface area contributed by atoms with Gasteiger partial charge in [0, 0.05) is 17.3 Å². The smallest absolute Gasteiger partial charge is 0.253 e. The van der Waals surface area contributed by atoms with E-state index in [9.17, 15) is 4.79 Å². The van der Waals surface area contributed by atoms with Crippen molar-refractivity contribution >= 4 is 0 Å². The van der Waals surface area contributed by atoms with Gasteiger partial charge in [0.2, 0.25) is 0 Å².